The molecule has 2 N–H and O–H groups in total. The summed E-state index contributed by atoms with van der Waals surface area (Å²) in [4.78, 5) is 25.6. The summed E-state index contributed by atoms with van der Waals surface area (Å²) in [5.74, 6) is 1.37. The second kappa shape index (κ2) is 8.16. The molecule has 8 heteroatoms. The first-order valence-electron chi connectivity index (χ1n) is 9.09. The van der Waals surface area contributed by atoms with E-state index in [1.54, 1.807) is 17.0 Å². The summed E-state index contributed by atoms with van der Waals surface area (Å²) in [5.41, 5.74) is 6.24. The molecule has 1 aliphatic heterocycles. The number of nitrogens with two attached hydrogens (primary N) is 1. The minimum absolute atomic E-state index is 0. The van der Waals surface area contributed by atoms with Crippen molar-refractivity contribution < 1.29 is 14.5 Å². The molecule has 2 fully saturated rings. The standard InChI is InChI=1S/C20H21N3O4.ClH/c21-18-8-6-13-11-22(12-17(13)18)20(24)16-10-14(23(25)26)7-9-19(16)27-15-4-2-1-3-5-15;/h1-5,7,9-10,13,17-18H,6,8,11-12,21H2;1H. The smallest absolute Gasteiger partial charge is 0.270 e. The van der Waals surface area contributed by atoms with Gasteiger partial charge in [0.1, 0.15) is 11.5 Å². The quantitative estimate of drug-likeness (QED) is 0.620. The van der Waals surface area contributed by atoms with Gasteiger partial charge in [0, 0.05) is 31.3 Å². The number of rotatable bonds is 4. The first kappa shape index (κ1) is 20.1. The lowest BCUT2D eigenvalue weighted by Gasteiger charge is -2.20. The van der Waals surface area contributed by atoms with E-state index in [2.05, 4.69) is 0 Å². The molecule has 0 aromatic heterocycles. The number of nitro groups is 1. The molecule has 1 saturated heterocycles. The van der Waals surface area contributed by atoms with Crippen LogP contribution in [-0.2, 0) is 0 Å². The largest absolute Gasteiger partial charge is 0.457 e. The summed E-state index contributed by atoms with van der Waals surface area (Å²) in [7, 11) is 0. The SMILES string of the molecule is Cl.NC1CCC2CN(C(=O)c3cc([N+](=O)[O-])ccc3Oc3ccccc3)CC12. The van der Waals surface area contributed by atoms with Crippen LogP contribution in [-0.4, -0.2) is 34.9 Å². The van der Waals surface area contributed by atoms with Crippen molar-refractivity contribution >= 4 is 24.0 Å². The van der Waals surface area contributed by atoms with Gasteiger partial charge >= 0.3 is 0 Å². The van der Waals surface area contributed by atoms with Crippen molar-refractivity contribution in [1.82, 2.24) is 4.90 Å². The lowest BCUT2D eigenvalue weighted by Crippen LogP contribution is -2.33. The van der Waals surface area contributed by atoms with E-state index in [1.165, 1.54) is 18.2 Å². The zero-order chi connectivity index (χ0) is 19.0. The maximum absolute atomic E-state index is 13.2. The first-order chi connectivity index (χ1) is 13.0. The molecule has 0 bridgehead atoms. The topological polar surface area (TPSA) is 98.7 Å². The van der Waals surface area contributed by atoms with Crippen LogP contribution in [0, 0.1) is 22.0 Å². The Morgan fingerprint density at radius 3 is 2.57 bits per heavy atom. The molecule has 1 heterocycles. The van der Waals surface area contributed by atoms with Crippen LogP contribution in [0.5, 0.6) is 11.5 Å². The van der Waals surface area contributed by atoms with Crippen molar-refractivity contribution in [2.24, 2.45) is 17.6 Å². The fourth-order valence-electron chi connectivity index (χ4n) is 4.15. The molecule has 0 spiro atoms. The highest BCUT2D eigenvalue weighted by molar-refractivity contribution is 5.98. The number of halogens is 1. The van der Waals surface area contributed by atoms with Crippen LogP contribution in [0.25, 0.3) is 0 Å². The molecule has 0 radical (unpaired) electrons. The fraction of sp³-hybridized carbons (Fsp3) is 0.350. The van der Waals surface area contributed by atoms with Gasteiger partial charge in [0.2, 0.25) is 0 Å². The molecule has 3 unspecified atom stereocenters. The Labute approximate surface area is 169 Å². The summed E-state index contributed by atoms with van der Waals surface area (Å²) in [6.07, 6.45) is 2.02. The number of carbonyl (C=O) groups excluding carboxylic acids is 1. The molecule has 7 nitrogen and oxygen atoms in total. The van der Waals surface area contributed by atoms with E-state index in [9.17, 15) is 14.9 Å². The van der Waals surface area contributed by atoms with Gasteiger partial charge in [0.25, 0.3) is 11.6 Å². The number of amides is 1. The van der Waals surface area contributed by atoms with E-state index >= 15 is 0 Å². The number of fused-ring (bicyclic) bond motifs is 1. The Morgan fingerprint density at radius 1 is 1.14 bits per heavy atom. The van der Waals surface area contributed by atoms with Crippen molar-refractivity contribution in [3.05, 3.63) is 64.2 Å². The highest BCUT2D eigenvalue weighted by atomic mass is 35.5. The lowest BCUT2D eigenvalue weighted by molar-refractivity contribution is -0.384. The first-order valence-corrected chi connectivity index (χ1v) is 9.09. The van der Waals surface area contributed by atoms with Crippen LogP contribution in [0.1, 0.15) is 23.2 Å². The van der Waals surface area contributed by atoms with E-state index < -0.39 is 4.92 Å². The molecule has 2 aromatic rings. The van der Waals surface area contributed by atoms with Gasteiger partial charge in [-0.25, -0.2) is 0 Å². The molecule has 3 atom stereocenters. The van der Waals surface area contributed by atoms with Crippen LogP contribution in [0.4, 0.5) is 5.69 Å². The van der Waals surface area contributed by atoms with Crippen molar-refractivity contribution in [3.63, 3.8) is 0 Å². The maximum Gasteiger partial charge on any atom is 0.270 e. The number of nitro benzene ring substituents is 1. The minimum atomic E-state index is -0.502. The number of hydrogen-bond donors (Lipinski definition) is 1. The van der Waals surface area contributed by atoms with E-state index in [1.807, 2.05) is 18.2 Å². The molecule has 2 aliphatic rings. The predicted octanol–water partition coefficient (Wildman–Crippen LogP) is 3.62. The zero-order valence-corrected chi connectivity index (χ0v) is 16.0. The number of benzene rings is 2. The molecule has 1 amide bonds. The van der Waals surface area contributed by atoms with E-state index in [-0.39, 0.29) is 35.6 Å². The van der Waals surface area contributed by atoms with Crippen molar-refractivity contribution in [3.8, 4) is 11.5 Å². The van der Waals surface area contributed by atoms with Gasteiger partial charge in [-0.1, -0.05) is 18.2 Å². The number of carbonyl (C=O) groups is 1. The van der Waals surface area contributed by atoms with Crippen LogP contribution < -0.4 is 10.5 Å². The Balaban J connectivity index is 0.00000225. The molecule has 148 valence electrons. The van der Waals surface area contributed by atoms with Gasteiger partial charge in [-0.2, -0.15) is 0 Å². The summed E-state index contributed by atoms with van der Waals surface area (Å²) in [6.45, 7) is 1.24. The predicted molar refractivity (Wildman–Crippen MR) is 107 cm³/mol. The van der Waals surface area contributed by atoms with Crippen LogP contribution in [0.3, 0.4) is 0 Å². The number of hydrogen-bond acceptors (Lipinski definition) is 5. The highest BCUT2D eigenvalue weighted by Gasteiger charge is 2.43. The maximum atomic E-state index is 13.2. The monoisotopic (exact) mass is 403 g/mol. The zero-order valence-electron chi connectivity index (χ0n) is 15.2. The minimum Gasteiger partial charge on any atom is -0.457 e. The molecule has 28 heavy (non-hydrogen) atoms. The highest BCUT2D eigenvalue weighted by Crippen LogP contribution is 2.39. The van der Waals surface area contributed by atoms with Crippen LogP contribution in [0.2, 0.25) is 0 Å². The molecule has 4 rings (SSSR count). The van der Waals surface area contributed by atoms with E-state index in [0.29, 0.717) is 36.4 Å². The number of para-hydroxylation sites is 1. The number of likely N-dealkylation sites (tertiary alicyclic amines) is 1. The van der Waals surface area contributed by atoms with Gasteiger partial charge in [-0.3, -0.25) is 14.9 Å². The van der Waals surface area contributed by atoms with E-state index in [0.717, 1.165) is 12.8 Å². The average Bonchev–Trinajstić information content (AvgIpc) is 3.24. The third-order valence-electron chi connectivity index (χ3n) is 5.57. The second-order valence-corrected chi connectivity index (χ2v) is 7.23. The van der Waals surface area contributed by atoms with Crippen molar-refractivity contribution in [2.75, 3.05) is 13.1 Å². The second-order valence-electron chi connectivity index (χ2n) is 7.23. The molecule has 1 aliphatic carbocycles. The molecule has 2 aromatic carbocycles. The average molecular weight is 404 g/mol. The fourth-order valence-corrected chi connectivity index (χ4v) is 4.15. The summed E-state index contributed by atoms with van der Waals surface area (Å²) >= 11 is 0. The molecular formula is C20H22ClN3O4. The molecule has 1 saturated carbocycles. The third-order valence-corrected chi connectivity index (χ3v) is 5.57. The van der Waals surface area contributed by atoms with Gasteiger partial charge < -0.3 is 15.4 Å². The molecular weight excluding hydrogens is 382 g/mol. The Bertz CT molecular complexity index is 877. The van der Waals surface area contributed by atoms with Crippen molar-refractivity contribution in [1.29, 1.82) is 0 Å². The summed E-state index contributed by atoms with van der Waals surface area (Å²) in [5, 5.41) is 11.2. The Kier molecular flexibility index (Phi) is 5.86. The summed E-state index contributed by atoms with van der Waals surface area (Å²) in [6, 6.07) is 13.3. The van der Waals surface area contributed by atoms with E-state index in [4.69, 9.17) is 10.5 Å². The Hall–Kier alpha value is -2.64. The normalized spacial score (nSPS) is 23.0. The third kappa shape index (κ3) is 3.81. The van der Waals surface area contributed by atoms with Gasteiger partial charge in [0.05, 0.1) is 10.5 Å². The van der Waals surface area contributed by atoms with Crippen LogP contribution in [0.15, 0.2) is 48.5 Å². The summed E-state index contributed by atoms with van der Waals surface area (Å²) < 4.78 is 5.85. The van der Waals surface area contributed by atoms with Gasteiger partial charge in [-0.05, 0) is 42.9 Å². The Morgan fingerprint density at radius 2 is 1.89 bits per heavy atom. The number of ether oxygens (including phenoxy) is 1. The van der Waals surface area contributed by atoms with Gasteiger partial charge in [-0.15, -0.1) is 12.4 Å². The van der Waals surface area contributed by atoms with Crippen LogP contribution >= 0.6 is 12.4 Å². The van der Waals surface area contributed by atoms with Gasteiger partial charge in [0.15, 0.2) is 0 Å². The lowest BCUT2D eigenvalue weighted by atomic mass is 9.98. The number of nitrogens with zero attached hydrogens (tertiary/aromatic N) is 2. The van der Waals surface area contributed by atoms with Crippen molar-refractivity contribution in [2.45, 2.75) is 18.9 Å². The number of non-ortho nitro benzene ring substituents is 1.